The van der Waals surface area contributed by atoms with Crippen LogP contribution in [0.3, 0.4) is 0 Å². The number of fused-ring (bicyclic) bond motifs is 2. The van der Waals surface area contributed by atoms with Gasteiger partial charge in [-0.3, -0.25) is 24.1 Å². The van der Waals surface area contributed by atoms with E-state index in [-0.39, 0.29) is 17.9 Å². The van der Waals surface area contributed by atoms with Crippen LogP contribution in [-0.4, -0.2) is 71.2 Å². The van der Waals surface area contributed by atoms with Gasteiger partial charge in [0, 0.05) is 20.1 Å². The van der Waals surface area contributed by atoms with Crippen molar-refractivity contribution >= 4 is 28.9 Å². The fourth-order valence-corrected chi connectivity index (χ4v) is 3.47. The third kappa shape index (κ3) is 3.65. The van der Waals surface area contributed by atoms with Gasteiger partial charge in [-0.05, 0) is 39.7 Å². The van der Waals surface area contributed by atoms with Gasteiger partial charge >= 0.3 is 0 Å². The maximum absolute atomic E-state index is 13.6. The van der Waals surface area contributed by atoms with Crippen molar-refractivity contribution in [3.05, 3.63) is 36.2 Å². The molecule has 1 aromatic heterocycles. The van der Waals surface area contributed by atoms with E-state index in [0.29, 0.717) is 22.8 Å². The monoisotopic (exact) mass is 384 g/mol. The van der Waals surface area contributed by atoms with Gasteiger partial charge in [0.05, 0.1) is 23.6 Å². The summed E-state index contributed by atoms with van der Waals surface area (Å²) in [5.74, 6) is -0.357. The van der Waals surface area contributed by atoms with Crippen LogP contribution in [0.4, 0.5) is 17.1 Å². The lowest BCUT2D eigenvalue weighted by Crippen LogP contribution is -2.47. The van der Waals surface area contributed by atoms with Gasteiger partial charge in [0.2, 0.25) is 5.91 Å². The van der Waals surface area contributed by atoms with Gasteiger partial charge in [-0.15, -0.1) is 0 Å². The van der Waals surface area contributed by atoms with Crippen molar-refractivity contribution in [2.45, 2.75) is 19.9 Å². The van der Waals surface area contributed by atoms with Crippen molar-refractivity contribution in [1.82, 2.24) is 19.6 Å². The van der Waals surface area contributed by atoms with Crippen molar-refractivity contribution in [1.29, 1.82) is 0 Å². The van der Waals surface area contributed by atoms with Gasteiger partial charge in [-0.25, -0.2) is 0 Å². The van der Waals surface area contributed by atoms with Gasteiger partial charge in [-0.2, -0.15) is 5.10 Å². The summed E-state index contributed by atoms with van der Waals surface area (Å²) in [6.45, 7) is 6.37. The molecular formula is C20H28N6O2. The number of hydrogen-bond donors (Lipinski definition) is 1. The number of carbonyl (C=O) groups excluding carboxylic acids is 2. The van der Waals surface area contributed by atoms with Gasteiger partial charge in [0.25, 0.3) is 5.91 Å². The number of nitrogens with zero attached hydrogens (tertiary/aromatic N) is 5. The molecular weight excluding hydrogens is 356 g/mol. The molecule has 1 unspecified atom stereocenters. The van der Waals surface area contributed by atoms with E-state index in [1.807, 2.05) is 39.2 Å². The molecule has 1 aliphatic rings. The Balaban J connectivity index is 2.03. The molecule has 0 radical (unpaired) electrons. The van der Waals surface area contributed by atoms with Crippen LogP contribution in [-0.2, 0) is 11.8 Å². The minimum atomic E-state index is -0.348. The SMILES string of the molecule is CCN(CCN(C)C)C(C)C(=O)N1c2ccccc2NC(=O)c2c1cnn2C. The van der Waals surface area contributed by atoms with Crippen molar-refractivity contribution < 1.29 is 9.59 Å². The molecule has 0 fully saturated rings. The zero-order valence-electron chi connectivity index (χ0n) is 17.1. The predicted molar refractivity (Wildman–Crippen MR) is 110 cm³/mol. The highest BCUT2D eigenvalue weighted by atomic mass is 16.2. The Morgan fingerprint density at radius 1 is 1.21 bits per heavy atom. The Morgan fingerprint density at radius 3 is 2.61 bits per heavy atom. The second-order valence-electron chi connectivity index (χ2n) is 7.25. The first-order chi connectivity index (χ1) is 13.3. The second-order valence-corrected chi connectivity index (χ2v) is 7.25. The maximum Gasteiger partial charge on any atom is 0.276 e. The van der Waals surface area contributed by atoms with Crippen molar-refractivity contribution in [3.8, 4) is 0 Å². The topological polar surface area (TPSA) is 73.7 Å². The number of benzene rings is 1. The number of amides is 2. The van der Waals surface area contributed by atoms with Crippen LogP contribution in [0.15, 0.2) is 30.5 Å². The molecule has 8 nitrogen and oxygen atoms in total. The molecule has 2 amide bonds. The summed E-state index contributed by atoms with van der Waals surface area (Å²) < 4.78 is 1.51. The van der Waals surface area contributed by atoms with Crippen molar-refractivity contribution in [2.75, 3.05) is 43.9 Å². The fraction of sp³-hybridized carbons (Fsp3) is 0.450. The van der Waals surface area contributed by atoms with E-state index < -0.39 is 0 Å². The van der Waals surface area contributed by atoms with E-state index in [1.54, 1.807) is 24.2 Å². The highest BCUT2D eigenvalue weighted by Gasteiger charge is 2.35. The number of nitrogens with one attached hydrogen (secondary N) is 1. The summed E-state index contributed by atoms with van der Waals surface area (Å²) >= 11 is 0. The van der Waals surface area contributed by atoms with Crippen molar-refractivity contribution in [3.63, 3.8) is 0 Å². The Kier molecular flexibility index (Phi) is 5.81. The number of carbonyl (C=O) groups is 2. The zero-order chi connectivity index (χ0) is 20.4. The summed E-state index contributed by atoms with van der Waals surface area (Å²) in [6.07, 6.45) is 1.58. The average Bonchev–Trinajstić information content (AvgIpc) is 2.98. The summed E-state index contributed by atoms with van der Waals surface area (Å²) in [4.78, 5) is 32.2. The molecule has 0 saturated heterocycles. The molecule has 3 rings (SSSR count). The molecule has 0 bridgehead atoms. The van der Waals surface area contributed by atoms with E-state index in [0.717, 1.165) is 19.6 Å². The molecule has 2 heterocycles. The molecule has 8 heteroatoms. The van der Waals surface area contributed by atoms with Crippen molar-refractivity contribution in [2.24, 2.45) is 7.05 Å². The Hall–Kier alpha value is -2.71. The number of likely N-dealkylation sites (N-methyl/N-ethyl adjacent to an activating group) is 2. The molecule has 0 spiro atoms. The van der Waals surface area contributed by atoms with Crippen LogP contribution in [0.1, 0.15) is 24.3 Å². The lowest BCUT2D eigenvalue weighted by atomic mass is 10.1. The second kappa shape index (κ2) is 8.12. The lowest BCUT2D eigenvalue weighted by Gasteiger charge is -2.32. The van der Waals surface area contributed by atoms with Crippen LogP contribution in [0.5, 0.6) is 0 Å². The molecule has 0 saturated carbocycles. The number of aromatic nitrogens is 2. The number of aryl methyl sites for hydroxylation is 1. The summed E-state index contributed by atoms with van der Waals surface area (Å²) in [5.41, 5.74) is 2.14. The van der Waals surface area contributed by atoms with Crippen LogP contribution in [0.25, 0.3) is 0 Å². The van der Waals surface area contributed by atoms with Gasteiger partial charge < -0.3 is 10.2 Å². The number of anilines is 3. The molecule has 28 heavy (non-hydrogen) atoms. The molecule has 0 aliphatic carbocycles. The number of rotatable bonds is 6. The van der Waals surface area contributed by atoms with Crippen LogP contribution < -0.4 is 10.2 Å². The molecule has 1 aromatic carbocycles. The first kappa shape index (κ1) is 20.0. The Morgan fingerprint density at radius 2 is 1.93 bits per heavy atom. The van der Waals surface area contributed by atoms with Gasteiger partial charge in [0.15, 0.2) is 0 Å². The Labute approximate surface area is 165 Å². The number of para-hydroxylation sites is 2. The largest absolute Gasteiger partial charge is 0.319 e. The third-order valence-corrected chi connectivity index (χ3v) is 5.13. The van der Waals surface area contributed by atoms with E-state index >= 15 is 0 Å². The van der Waals surface area contributed by atoms with Crippen LogP contribution in [0.2, 0.25) is 0 Å². The predicted octanol–water partition coefficient (Wildman–Crippen LogP) is 1.92. The summed E-state index contributed by atoms with van der Waals surface area (Å²) in [5, 5.41) is 7.12. The van der Waals surface area contributed by atoms with Crippen LogP contribution in [0, 0.1) is 0 Å². The van der Waals surface area contributed by atoms with E-state index in [4.69, 9.17) is 0 Å². The normalized spacial score (nSPS) is 14.5. The van der Waals surface area contributed by atoms with E-state index in [1.165, 1.54) is 4.68 Å². The Bertz CT molecular complexity index is 875. The third-order valence-electron chi connectivity index (χ3n) is 5.13. The van der Waals surface area contributed by atoms with Gasteiger partial charge in [0.1, 0.15) is 11.4 Å². The zero-order valence-corrected chi connectivity index (χ0v) is 17.1. The first-order valence-corrected chi connectivity index (χ1v) is 9.50. The van der Waals surface area contributed by atoms with Gasteiger partial charge in [-0.1, -0.05) is 19.1 Å². The van der Waals surface area contributed by atoms with E-state index in [9.17, 15) is 9.59 Å². The molecule has 1 atom stereocenters. The van der Waals surface area contributed by atoms with Crippen LogP contribution >= 0.6 is 0 Å². The summed E-state index contributed by atoms with van der Waals surface area (Å²) in [7, 11) is 5.74. The minimum Gasteiger partial charge on any atom is -0.319 e. The highest BCUT2D eigenvalue weighted by molar-refractivity contribution is 6.17. The molecule has 1 N–H and O–H groups in total. The number of hydrogen-bond acceptors (Lipinski definition) is 5. The smallest absolute Gasteiger partial charge is 0.276 e. The highest BCUT2D eigenvalue weighted by Crippen LogP contribution is 2.38. The maximum atomic E-state index is 13.6. The minimum absolute atomic E-state index is 0.0844. The van der Waals surface area contributed by atoms with E-state index in [2.05, 4.69) is 27.1 Å². The molecule has 2 aromatic rings. The first-order valence-electron chi connectivity index (χ1n) is 9.50. The standard InChI is InChI=1S/C20H28N6O2/c1-6-25(12-11-23(3)4)14(2)20(28)26-16-10-8-7-9-15(16)22-19(27)18-17(26)13-21-24(18)5/h7-10,13-14H,6,11-12H2,1-5H3,(H,22,27). The lowest BCUT2D eigenvalue weighted by molar-refractivity contribution is -0.122. The quantitative estimate of drug-likeness (QED) is 0.824. The molecule has 150 valence electrons. The molecule has 1 aliphatic heterocycles. The fourth-order valence-electron chi connectivity index (χ4n) is 3.47. The average molecular weight is 384 g/mol. The summed E-state index contributed by atoms with van der Waals surface area (Å²) in [6, 6.07) is 7.01.